The third-order valence-electron chi connectivity index (χ3n) is 3.02. The quantitative estimate of drug-likeness (QED) is 0.716. The highest BCUT2D eigenvalue weighted by molar-refractivity contribution is 5.51. The molecule has 0 atom stereocenters. The van der Waals surface area contributed by atoms with E-state index in [9.17, 15) is 0 Å². The Kier molecular flexibility index (Phi) is 2.92. The molecule has 1 saturated carbocycles. The van der Waals surface area contributed by atoms with E-state index in [2.05, 4.69) is 5.32 Å². The summed E-state index contributed by atoms with van der Waals surface area (Å²) in [6.07, 6.45) is 5.61. The number of hydrogen-bond acceptors (Lipinski definition) is 2. The van der Waals surface area contributed by atoms with E-state index in [4.69, 9.17) is 5.73 Å². The molecular formula is C12H18N2. The van der Waals surface area contributed by atoms with Crippen molar-refractivity contribution in [3.8, 4) is 0 Å². The fourth-order valence-electron chi connectivity index (χ4n) is 1.80. The molecule has 0 saturated heterocycles. The van der Waals surface area contributed by atoms with Gasteiger partial charge in [0.25, 0.3) is 0 Å². The van der Waals surface area contributed by atoms with Crippen LogP contribution in [0.25, 0.3) is 0 Å². The fourth-order valence-corrected chi connectivity index (χ4v) is 1.80. The Morgan fingerprint density at radius 1 is 1.21 bits per heavy atom. The molecule has 1 aliphatic carbocycles. The number of nitrogens with two attached hydrogens (primary N) is 1. The summed E-state index contributed by atoms with van der Waals surface area (Å²) in [4.78, 5) is 0. The molecule has 0 aliphatic heterocycles. The Morgan fingerprint density at radius 3 is 2.50 bits per heavy atom. The van der Waals surface area contributed by atoms with Gasteiger partial charge < -0.3 is 11.1 Å². The summed E-state index contributed by atoms with van der Waals surface area (Å²) in [6, 6.07) is 7.95. The van der Waals surface area contributed by atoms with Gasteiger partial charge in [0.2, 0.25) is 0 Å². The Hall–Kier alpha value is -1.18. The second kappa shape index (κ2) is 4.36. The van der Waals surface area contributed by atoms with Crippen LogP contribution in [0.5, 0.6) is 0 Å². The SMILES string of the molecule is Nc1ccc(NCCC2CCC2)cc1. The number of nitrogen functional groups attached to an aromatic ring is 1. The second-order valence-corrected chi connectivity index (χ2v) is 4.13. The van der Waals surface area contributed by atoms with Gasteiger partial charge in [-0.25, -0.2) is 0 Å². The Bertz CT molecular complexity index is 275. The second-order valence-electron chi connectivity index (χ2n) is 4.13. The van der Waals surface area contributed by atoms with Crippen molar-refractivity contribution in [3.05, 3.63) is 24.3 Å². The highest BCUT2D eigenvalue weighted by atomic mass is 14.9. The highest BCUT2D eigenvalue weighted by Crippen LogP contribution is 2.29. The van der Waals surface area contributed by atoms with Crippen LogP contribution < -0.4 is 11.1 Å². The zero-order valence-electron chi connectivity index (χ0n) is 8.50. The van der Waals surface area contributed by atoms with Gasteiger partial charge in [0.05, 0.1) is 0 Å². The molecule has 1 aromatic carbocycles. The van der Waals surface area contributed by atoms with Crippen LogP contribution in [-0.2, 0) is 0 Å². The van der Waals surface area contributed by atoms with Crippen LogP contribution in [0.4, 0.5) is 11.4 Å². The molecular weight excluding hydrogens is 172 g/mol. The van der Waals surface area contributed by atoms with Crippen LogP contribution >= 0.6 is 0 Å². The number of rotatable bonds is 4. The van der Waals surface area contributed by atoms with Gasteiger partial charge in [-0.1, -0.05) is 19.3 Å². The molecule has 0 amide bonds. The molecule has 0 spiro atoms. The van der Waals surface area contributed by atoms with Crippen molar-refractivity contribution in [2.24, 2.45) is 5.92 Å². The monoisotopic (exact) mass is 190 g/mol. The molecule has 2 nitrogen and oxygen atoms in total. The molecule has 76 valence electrons. The summed E-state index contributed by atoms with van der Waals surface area (Å²) in [5, 5.41) is 3.42. The maximum atomic E-state index is 5.61. The zero-order valence-corrected chi connectivity index (χ0v) is 8.50. The summed E-state index contributed by atoms with van der Waals surface area (Å²) in [6.45, 7) is 1.09. The van der Waals surface area contributed by atoms with Crippen molar-refractivity contribution in [3.63, 3.8) is 0 Å². The zero-order chi connectivity index (χ0) is 9.80. The first-order valence-corrected chi connectivity index (χ1v) is 5.44. The summed E-state index contributed by atoms with van der Waals surface area (Å²) >= 11 is 0. The molecule has 1 aromatic rings. The van der Waals surface area contributed by atoms with Gasteiger partial charge in [0.1, 0.15) is 0 Å². The van der Waals surface area contributed by atoms with Gasteiger partial charge in [-0.15, -0.1) is 0 Å². The van der Waals surface area contributed by atoms with Gasteiger partial charge in [-0.3, -0.25) is 0 Å². The molecule has 0 unspecified atom stereocenters. The van der Waals surface area contributed by atoms with Crippen molar-refractivity contribution in [1.29, 1.82) is 0 Å². The fraction of sp³-hybridized carbons (Fsp3) is 0.500. The lowest BCUT2D eigenvalue weighted by Crippen LogP contribution is -2.15. The topological polar surface area (TPSA) is 38.0 Å². The van der Waals surface area contributed by atoms with E-state index in [1.165, 1.54) is 31.4 Å². The minimum absolute atomic E-state index is 0.828. The Balaban J connectivity index is 1.71. The van der Waals surface area contributed by atoms with E-state index in [0.29, 0.717) is 0 Å². The van der Waals surface area contributed by atoms with Crippen molar-refractivity contribution in [2.45, 2.75) is 25.7 Å². The van der Waals surface area contributed by atoms with Gasteiger partial charge in [-0.2, -0.15) is 0 Å². The normalized spacial score (nSPS) is 16.3. The predicted octanol–water partition coefficient (Wildman–Crippen LogP) is 2.87. The minimum atomic E-state index is 0.828. The van der Waals surface area contributed by atoms with Crippen LogP contribution in [-0.4, -0.2) is 6.54 Å². The van der Waals surface area contributed by atoms with Crippen LogP contribution in [0, 0.1) is 5.92 Å². The van der Waals surface area contributed by atoms with Crippen LogP contribution in [0.15, 0.2) is 24.3 Å². The maximum absolute atomic E-state index is 5.61. The first-order valence-electron chi connectivity index (χ1n) is 5.44. The summed E-state index contributed by atoms with van der Waals surface area (Å²) < 4.78 is 0. The van der Waals surface area contributed by atoms with Crippen molar-refractivity contribution < 1.29 is 0 Å². The standard InChI is InChI=1S/C12H18N2/c13-11-4-6-12(7-5-11)14-9-8-10-2-1-3-10/h4-7,10,14H,1-3,8-9,13H2. The van der Waals surface area contributed by atoms with Gasteiger partial charge in [0.15, 0.2) is 0 Å². The highest BCUT2D eigenvalue weighted by Gasteiger charge is 2.16. The Labute approximate surface area is 85.5 Å². The third kappa shape index (κ3) is 2.41. The molecule has 14 heavy (non-hydrogen) atoms. The van der Waals surface area contributed by atoms with E-state index < -0.39 is 0 Å². The average molecular weight is 190 g/mol. The number of nitrogens with one attached hydrogen (secondary N) is 1. The first-order chi connectivity index (χ1) is 6.84. The van der Waals surface area contributed by atoms with E-state index in [0.717, 1.165) is 18.2 Å². The lowest BCUT2D eigenvalue weighted by molar-refractivity contribution is 0.303. The number of hydrogen-bond donors (Lipinski definition) is 2. The van der Waals surface area contributed by atoms with Crippen molar-refractivity contribution in [2.75, 3.05) is 17.6 Å². The van der Waals surface area contributed by atoms with E-state index in [-0.39, 0.29) is 0 Å². The van der Waals surface area contributed by atoms with Crippen LogP contribution in [0.2, 0.25) is 0 Å². The Morgan fingerprint density at radius 2 is 1.93 bits per heavy atom. The summed E-state index contributed by atoms with van der Waals surface area (Å²) in [5.41, 5.74) is 7.61. The van der Waals surface area contributed by atoms with Crippen LogP contribution in [0.1, 0.15) is 25.7 Å². The van der Waals surface area contributed by atoms with Crippen LogP contribution in [0.3, 0.4) is 0 Å². The van der Waals surface area contributed by atoms with Gasteiger partial charge in [-0.05, 0) is 36.6 Å². The molecule has 0 bridgehead atoms. The van der Waals surface area contributed by atoms with Gasteiger partial charge in [0, 0.05) is 17.9 Å². The smallest absolute Gasteiger partial charge is 0.0341 e. The molecule has 0 radical (unpaired) electrons. The summed E-state index contributed by atoms with van der Waals surface area (Å²) in [7, 11) is 0. The molecule has 0 aromatic heterocycles. The number of anilines is 2. The average Bonchev–Trinajstić information content (AvgIpc) is 2.12. The molecule has 1 fully saturated rings. The third-order valence-corrected chi connectivity index (χ3v) is 3.02. The van der Waals surface area contributed by atoms with Crippen molar-refractivity contribution >= 4 is 11.4 Å². The van der Waals surface area contributed by atoms with E-state index in [1.54, 1.807) is 0 Å². The molecule has 1 aliphatic rings. The minimum Gasteiger partial charge on any atom is -0.399 e. The predicted molar refractivity (Wildman–Crippen MR) is 61.3 cm³/mol. The molecule has 2 heteroatoms. The van der Waals surface area contributed by atoms with Crippen molar-refractivity contribution in [1.82, 2.24) is 0 Å². The molecule has 0 heterocycles. The first kappa shape index (κ1) is 9.38. The molecule has 2 rings (SSSR count). The van der Waals surface area contributed by atoms with E-state index in [1.807, 2.05) is 24.3 Å². The lowest BCUT2D eigenvalue weighted by Gasteiger charge is -2.25. The lowest BCUT2D eigenvalue weighted by atomic mass is 9.83. The number of benzene rings is 1. The van der Waals surface area contributed by atoms with Gasteiger partial charge >= 0.3 is 0 Å². The van der Waals surface area contributed by atoms with E-state index >= 15 is 0 Å². The molecule has 3 N–H and O–H groups in total. The largest absolute Gasteiger partial charge is 0.399 e. The summed E-state index contributed by atoms with van der Waals surface area (Å²) in [5.74, 6) is 0.983. The maximum Gasteiger partial charge on any atom is 0.0341 e.